The van der Waals surface area contributed by atoms with Gasteiger partial charge in [-0.2, -0.15) is 0 Å². The molecule has 1 amide bonds. The van der Waals surface area contributed by atoms with Gasteiger partial charge < -0.3 is 9.47 Å². The Labute approximate surface area is 169 Å². The Hall–Kier alpha value is -2.60. The third kappa shape index (κ3) is 3.69. The third-order valence-electron chi connectivity index (χ3n) is 5.13. The van der Waals surface area contributed by atoms with Crippen LogP contribution in [0.4, 0.5) is 0 Å². The third-order valence-corrected chi connectivity index (χ3v) is 6.25. The topological polar surface area (TPSA) is 51.0 Å². The summed E-state index contributed by atoms with van der Waals surface area (Å²) < 4.78 is 2.03. The molecule has 2 heterocycles. The van der Waals surface area contributed by atoms with Gasteiger partial charge >= 0.3 is 0 Å². The molecule has 1 aliphatic carbocycles. The first-order valence-electron chi connectivity index (χ1n) is 9.37. The van der Waals surface area contributed by atoms with Crippen LogP contribution >= 0.6 is 11.8 Å². The van der Waals surface area contributed by atoms with Crippen molar-refractivity contribution in [1.82, 2.24) is 19.4 Å². The van der Waals surface area contributed by atoms with Crippen molar-refractivity contribution in [3.05, 3.63) is 60.0 Å². The highest BCUT2D eigenvalue weighted by Crippen LogP contribution is 2.48. The highest BCUT2D eigenvalue weighted by molar-refractivity contribution is 7.99. The molecule has 1 unspecified atom stereocenters. The molecule has 6 heteroatoms. The van der Waals surface area contributed by atoms with Crippen LogP contribution in [0.3, 0.4) is 0 Å². The van der Waals surface area contributed by atoms with E-state index in [1.807, 2.05) is 51.2 Å². The van der Waals surface area contributed by atoms with E-state index in [1.54, 1.807) is 16.7 Å². The zero-order valence-corrected chi connectivity index (χ0v) is 17.4. The summed E-state index contributed by atoms with van der Waals surface area (Å²) in [6.45, 7) is 2.04. The van der Waals surface area contributed by atoms with Crippen LogP contribution in [0.2, 0.25) is 0 Å². The number of aromatic nitrogens is 3. The van der Waals surface area contributed by atoms with Crippen LogP contribution in [0.15, 0.2) is 59.0 Å². The average Bonchev–Trinajstić information content (AvgIpc) is 3.41. The van der Waals surface area contributed by atoms with E-state index in [9.17, 15) is 4.79 Å². The summed E-state index contributed by atoms with van der Waals surface area (Å²) in [5.74, 6) is 0.704. The van der Waals surface area contributed by atoms with Crippen molar-refractivity contribution in [2.45, 2.75) is 29.3 Å². The quantitative estimate of drug-likeness (QED) is 0.655. The van der Waals surface area contributed by atoms with Crippen molar-refractivity contribution in [2.24, 2.45) is 13.0 Å². The Morgan fingerprint density at radius 2 is 1.89 bits per heavy atom. The van der Waals surface area contributed by atoms with Gasteiger partial charge in [-0.25, -0.2) is 9.97 Å². The number of hydrogen-bond acceptors (Lipinski definition) is 4. The second-order valence-corrected chi connectivity index (χ2v) is 8.60. The van der Waals surface area contributed by atoms with Crippen molar-refractivity contribution < 1.29 is 4.79 Å². The zero-order valence-electron chi connectivity index (χ0n) is 16.6. The van der Waals surface area contributed by atoms with Crippen molar-refractivity contribution in [3.8, 4) is 11.3 Å². The molecule has 28 heavy (non-hydrogen) atoms. The minimum atomic E-state index is 0.134. The molecule has 2 atom stereocenters. The van der Waals surface area contributed by atoms with Crippen LogP contribution in [0, 0.1) is 12.8 Å². The standard InChI is InChI=1S/C22H24N4OS/c1-14-5-10-19(23-12-14)28-22-20(24-13-26(22)4)16-8-6-15(7-9-16)17-11-18(17)21(27)25(2)3/h5-10,12-13,17-18H,11H2,1-4H3/t17?,18-/m0/s1. The zero-order chi connectivity index (χ0) is 19.8. The maximum atomic E-state index is 12.1. The Morgan fingerprint density at radius 1 is 1.14 bits per heavy atom. The molecule has 4 rings (SSSR count). The Balaban J connectivity index is 1.54. The normalized spacial score (nSPS) is 18.1. The van der Waals surface area contributed by atoms with Crippen LogP contribution < -0.4 is 0 Å². The van der Waals surface area contributed by atoms with Gasteiger partial charge in [-0.3, -0.25) is 4.79 Å². The van der Waals surface area contributed by atoms with E-state index in [2.05, 4.69) is 40.3 Å². The molecule has 0 saturated heterocycles. The fourth-order valence-electron chi connectivity index (χ4n) is 3.41. The molecular formula is C22H24N4OS. The number of carbonyl (C=O) groups excluding carboxylic acids is 1. The number of benzene rings is 1. The number of rotatable bonds is 5. The second-order valence-electron chi connectivity index (χ2n) is 7.59. The Kier molecular flexibility index (Phi) is 4.98. The predicted octanol–water partition coefficient (Wildman–Crippen LogP) is 4.13. The molecule has 0 bridgehead atoms. The lowest BCUT2D eigenvalue weighted by Gasteiger charge is -2.10. The number of nitrogens with zero attached hydrogens (tertiary/aromatic N) is 4. The van der Waals surface area contributed by atoms with Crippen LogP contribution in [0.5, 0.6) is 0 Å². The van der Waals surface area contributed by atoms with Crippen LogP contribution in [-0.2, 0) is 11.8 Å². The summed E-state index contributed by atoms with van der Waals surface area (Å²) in [4.78, 5) is 22.9. The van der Waals surface area contributed by atoms with Gasteiger partial charge in [0.15, 0.2) is 0 Å². The number of amides is 1. The SMILES string of the molecule is Cc1ccc(Sc2c(-c3ccc(C4C[C@@H]4C(=O)N(C)C)cc3)ncn2C)nc1. The predicted molar refractivity (Wildman–Crippen MR) is 111 cm³/mol. The van der Waals surface area contributed by atoms with Gasteiger partial charge in [0.2, 0.25) is 5.91 Å². The molecule has 0 aliphatic heterocycles. The molecular weight excluding hydrogens is 368 g/mol. The maximum Gasteiger partial charge on any atom is 0.225 e. The van der Waals surface area contributed by atoms with Crippen molar-refractivity contribution in [1.29, 1.82) is 0 Å². The van der Waals surface area contributed by atoms with E-state index in [0.29, 0.717) is 5.92 Å². The lowest BCUT2D eigenvalue weighted by atomic mass is 10.0. The Bertz CT molecular complexity index is 992. The Morgan fingerprint density at radius 3 is 2.54 bits per heavy atom. The summed E-state index contributed by atoms with van der Waals surface area (Å²) in [5.41, 5.74) is 4.42. The van der Waals surface area contributed by atoms with Gasteiger partial charge in [-0.15, -0.1) is 0 Å². The molecule has 0 spiro atoms. The molecule has 2 aromatic heterocycles. The largest absolute Gasteiger partial charge is 0.349 e. The number of hydrogen-bond donors (Lipinski definition) is 0. The second kappa shape index (κ2) is 7.43. The van der Waals surface area contributed by atoms with Gasteiger partial charge in [-0.05, 0) is 48.2 Å². The van der Waals surface area contributed by atoms with Gasteiger partial charge in [0.05, 0.1) is 6.33 Å². The fraction of sp³-hybridized carbons (Fsp3) is 0.318. The molecule has 0 N–H and O–H groups in total. The maximum absolute atomic E-state index is 12.1. The van der Waals surface area contributed by atoms with Crippen molar-refractivity contribution in [3.63, 3.8) is 0 Å². The highest BCUT2D eigenvalue weighted by atomic mass is 32.2. The van der Waals surface area contributed by atoms with E-state index < -0.39 is 0 Å². The number of carbonyl (C=O) groups is 1. The van der Waals surface area contributed by atoms with Crippen molar-refractivity contribution in [2.75, 3.05) is 14.1 Å². The molecule has 1 aromatic carbocycles. The van der Waals surface area contributed by atoms with Crippen LogP contribution in [0.1, 0.15) is 23.5 Å². The smallest absolute Gasteiger partial charge is 0.225 e. The number of imidazole rings is 1. The van der Waals surface area contributed by atoms with Gasteiger partial charge in [0.1, 0.15) is 15.7 Å². The summed E-state index contributed by atoms with van der Waals surface area (Å²) in [6.07, 6.45) is 4.67. The number of aryl methyl sites for hydroxylation is 2. The van der Waals surface area contributed by atoms with Gasteiger partial charge in [0.25, 0.3) is 0 Å². The van der Waals surface area contributed by atoms with E-state index in [-0.39, 0.29) is 11.8 Å². The first kappa shape index (κ1) is 18.7. The monoisotopic (exact) mass is 392 g/mol. The molecule has 5 nitrogen and oxygen atoms in total. The minimum absolute atomic E-state index is 0.134. The lowest BCUT2D eigenvalue weighted by Crippen LogP contribution is -2.23. The first-order valence-corrected chi connectivity index (χ1v) is 10.2. The van der Waals surface area contributed by atoms with E-state index in [1.165, 1.54) is 5.56 Å². The minimum Gasteiger partial charge on any atom is -0.349 e. The molecule has 0 radical (unpaired) electrons. The van der Waals surface area contributed by atoms with E-state index in [0.717, 1.165) is 33.3 Å². The summed E-state index contributed by atoms with van der Waals surface area (Å²) in [6, 6.07) is 12.6. The average molecular weight is 393 g/mol. The van der Waals surface area contributed by atoms with Crippen LogP contribution in [-0.4, -0.2) is 39.4 Å². The van der Waals surface area contributed by atoms with Gasteiger partial charge in [0, 0.05) is 38.8 Å². The van der Waals surface area contributed by atoms with E-state index >= 15 is 0 Å². The molecule has 3 aromatic rings. The first-order chi connectivity index (χ1) is 13.4. The molecule has 1 fully saturated rings. The van der Waals surface area contributed by atoms with E-state index in [4.69, 9.17) is 0 Å². The summed E-state index contributed by atoms with van der Waals surface area (Å²) in [5, 5.41) is 2.02. The molecule has 1 aliphatic rings. The lowest BCUT2D eigenvalue weighted by molar-refractivity contribution is -0.130. The fourth-order valence-corrected chi connectivity index (χ4v) is 4.31. The van der Waals surface area contributed by atoms with Gasteiger partial charge in [-0.1, -0.05) is 30.3 Å². The van der Waals surface area contributed by atoms with Crippen molar-refractivity contribution >= 4 is 17.7 Å². The molecule has 144 valence electrons. The summed E-state index contributed by atoms with van der Waals surface area (Å²) in [7, 11) is 5.65. The number of pyridine rings is 1. The molecule has 1 saturated carbocycles. The van der Waals surface area contributed by atoms with Crippen LogP contribution in [0.25, 0.3) is 11.3 Å². The highest BCUT2D eigenvalue weighted by Gasteiger charge is 2.44. The summed E-state index contributed by atoms with van der Waals surface area (Å²) >= 11 is 1.62.